The van der Waals surface area contributed by atoms with Crippen LogP contribution in [0.2, 0.25) is 0 Å². The first-order chi connectivity index (χ1) is 18.9. The topological polar surface area (TPSA) is 83.4 Å². The van der Waals surface area contributed by atoms with E-state index in [4.69, 9.17) is 0 Å². The van der Waals surface area contributed by atoms with Crippen LogP contribution in [0, 0.1) is 12.8 Å². The summed E-state index contributed by atoms with van der Waals surface area (Å²) < 4.78 is 2.85. The molecule has 2 aliphatic carbocycles. The number of likely N-dealkylation sites (N-methyl/N-ethyl adjacent to an activating group) is 1. The lowest BCUT2D eigenvalue weighted by Crippen LogP contribution is -2.44. The number of hydrogen-bond donors (Lipinski definition) is 2. The second-order valence-corrected chi connectivity index (χ2v) is 12.1. The van der Waals surface area contributed by atoms with Crippen molar-refractivity contribution in [2.45, 2.75) is 90.3 Å². The number of carbonyl (C=O) groups is 3. The van der Waals surface area contributed by atoms with E-state index in [1.165, 1.54) is 19.3 Å². The van der Waals surface area contributed by atoms with Gasteiger partial charge in [0.25, 0.3) is 5.91 Å². The number of nitrogens with zero attached hydrogens (tertiary/aromatic N) is 2. The Morgan fingerprint density at radius 3 is 2.41 bits per heavy atom. The highest BCUT2D eigenvalue weighted by Gasteiger charge is 2.30. The van der Waals surface area contributed by atoms with Gasteiger partial charge in [-0.15, -0.1) is 11.3 Å². The van der Waals surface area contributed by atoms with E-state index in [0.29, 0.717) is 18.3 Å². The van der Waals surface area contributed by atoms with Gasteiger partial charge in [0.1, 0.15) is 12.2 Å². The number of fused-ring (bicyclic) bond motifs is 1. The van der Waals surface area contributed by atoms with Gasteiger partial charge in [-0.05, 0) is 87.6 Å². The molecule has 39 heavy (non-hydrogen) atoms. The van der Waals surface area contributed by atoms with Crippen molar-refractivity contribution < 1.29 is 14.4 Å². The van der Waals surface area contributed by atoms with Gasteiger partial charge in [-0.25, -0.2) is 0 Å². The number of benzene rings is 1. The van der Waals surface area contributed by atoms with E-state index in [-0.39, 0.29) is 36.2 Å². The summed E-state index contributed by atoms with van der Waals surface area (Å²) in [4.78, 5) is 41.5. The highest BCUT2D eigenvalue weighted by molar-refractivity contribution is 7.17. The average molecular weight is 549 g/mol. The maximum absolute atomic E-state index is 13.5. The van der Waals surface area contributed by atoms with E-state index in [0.717, 1.165) is 60.0 Å². The fraction of sp³-hybridized carbons (Fsp3) is 0.516. The minimum absolute atomic E-state index is 0.0350. The molecule has 3 amide bonds. The van der Waals surface area contributed by atoms with E-state index in [2.05, 4.69) is 10.6 Å². The molecular weight excluding hydrogens is 508 g/mol. The van der Waals surface area contributed by atoms with Crippen LogP contribution in [0.5, 0.6) is 0 Å². The van der Waals surface area contributed by atoms with Crippen LogP contribution in [-0.4, -0.2) is 40.9 Å². The number of aryl methyl sites for hydroxylation is 1. The summed E-state index contributed by atoms with van der Waals surface area (Å²) in [6, 6.07) is 12.2. The fourth-order valence-corrected chi connectivity index (χ4v) is 7.00. The lowest BCUT2D eigenvalue weighted by atomic mass is 9.84. The normalized spacial score (nSPS) is 20.1. The van der Waals surface area contributed by atoms with E-state index in [1.807, 2.05) is 60.2 Å². The van der Waals surface area contributed by atoms with Crippen molar-refractivity contribution >= 4 is 45.0 Å². The molecule has 3 aromatic rings. The molecule has 0 spiro atoms. The van der Waals surface area contributed by atoms with Gasteiger partial charge in [-0.2, -0.15) is 0 Å². The molecule has 0 unspecified atom stereocenters. The largest absolute Gasteiger partial charge is 0.353 e. The van der Waals surface area contributed by atoms with Crippen molar-refractivity contribution in [3.63, 3.8) is 0 Å². The van der Waals surface area contributed by atoms with Crippen LogP contribution in [0.1, 0.15) is 80.8 Å². The molecule has 0 atom stereocenters. The maximum Gasteiger partial charge on any atom is 0.268 e. The monoisotopic (exact) mass is 548 g/mol. The number of thiophene rings is 1. The number of carbonyl (C=O) groups excluding carboxylic acids is 3. The first kappa shape index (κ1) is 27.4. The van der Waals surface area contributed by atoms with Crippen molar-refractivity contribution in [1.29, 1.82) is 0 Å². The lowest BCUT2D eigenvalue weighted by molar-refractivity contribution is -0.127. The lowest BCUT2D eigenvalue weighted by Gasteiger charge is -2.30. The number of nitrogens with one attached hydrogen (secondary N) is 2. The van der Waals surface area contributed by atoms with Gasteiger partial charge in [0, 0.05) is 30.2 Å². The molecule has 2 heterocycles. The van der Waals surface area contributed by atoms with E-state index < -0.39 is 0 Å². The Kier molecular flexibility index (Phi) is 8.70. The van der Waals surface area contributed by atoms with Gasteiger partial charge in [-0.1, -0.05) is 31.4 Å². The first-order valence-electron chi connectivity index (χ1n) is 14.5. The second-order valence-electron chi connectivity index (χ2n) is 11.1. The Morgan fingerprint density at radius 2 is 1.69 bits per heavy atom. The molecule has 1 aromatic carbocycles. The third-order valence-electron chi connectivity index (χ3n) is 8.36. The van der Waals surface area contributed by atoms with E-state index >= 15 is 0 Å². The standard InChI is InChI=1S/C31H40N4O3S/c1-3-34(25-11-7-8-21(2)18-25)29(36)20-35-26-16-17-39-28(26)19-27(35)31(38)33-24-14-12-22(13-15-24)30(37)32-23-9-5-4-6-10-23/h7-8,11,16-19,22-24H,3-6,9-10,12-15,20H2,1-2H3,(H,32,37)(H,33,38). The summed E-state index contributed by atoms with van der Waals surface area (Å²) in [6.07, 6.45) is 9.04. The molecule has 0 bridgehead atoms. The number of hydrogen-bond acceptors (Lipinski definition) is 4. The second kappa shape index (κ2) is 12.4. The predicted octanol–water partition coefficient (Wildman–Crippen LogP) is 5.80. The van der Waals surface area contributed by atoms with Crippen LogP contribution in [0.25, 0.3) is 10.2 Å². The van der Waals surface area contributed by atoms with Gasteiger partial charge in [0.15, 0.2) is 0 Å². The zero-order chi connectivity index (χ0) is 27.4. The van der Waals surface area contributed by atoms with Gasteiger partial charge in [-0.3, -0.25) is 14.4 Å². The van der Waals surface area contributed by atoms with Crippen molar-refractivity contribution in [2.75, 3.05) is 11.4 Å². The van der Waals surface area contributed by atoms with Crippen molar-refractivity contribution in [3.05, 3.63) is 53.0 Å². The minimum Gasteiger partial charge on any atom is -0.353 e. The zero-order valence-electron chi connectivity index (χ0n) is 23.1. The molecular formula is C31H40N4O3S. The first-order valence-corrected chi connectivity index (χ1v) is 15.4. The Hall–Kier alpha value is -3.13. The molecule has 8 heteroatoms. The summed E-state index contributed by atoms with van der Waals surface area (Å²) >= 11 is 1.57. The summed E-state index contributed by atoms with van der Waals surface area (Å²) in [5, 5.41) is 8.47. The molecule has 2 aromatic heterocycles. The van der Waals surface area contributed by atoms with Gasteiger partial charge >= 0.3 is 0 Å². The summed E-state index contributed by atoms with van der Waals surface area (Å²) in [6.45, 7) is 4.63. The Bertz CT molecular complexity index is 1310. The van der Waals surface area contributed by atoms with Crippen LogP contribution in [0.15, 0.2) is 41.8 Å². The molecule has 2 N–H and O–H groups in total. The summed E-state index contributed by atoms with van der Waals surface area (Å²) in [5.74, 6) is 0.0205. The molecule has 2 saturated carbocycles. The van der Waals surface area contributed by atoms with Crippen LogP contribution in [0.3, 0.4) is 0 Å². The Labute approximate surface area is 234 Å². The molecule has 0 aliphatic heterocycles. The van der Waals surface area contributed by atoms with E-state index in [1.54, 1.807) is 16.2 Å². The average Bonchev–Trinajstić information content (AvgIpc) is 3.53. The SMILES string of the molecule is CCN(C(=O)Cn1c(C(=O)NC2CCC(C(=O)NC3CCCCC3)CC2)cc2sccc21)c1cccc(C)c1. The van der Waals surface area contributed by atoms with Gasteiger partial charge in [0.2, 0.25) is 11.8 Å². The van der Waals surface area contributed by atoms with Crippen LogP contribution in [-0.2, 0) is 16.1 Å². The highest BCUT2D eigenvalue weighted by atomic mass is 32.1. The maximum atomic E-state index is 13.5. The quantitative estimate of drug-likeness (QED) is 0.373. The van der Waals surface area contributed by atoms with E-state index in [9.17, 15) is 14.4 Å². The van der Waals surface area contributed by atoms with Crippen molar-refractivity contribution in [1.82, 2.24) is 15.2 Å². The van der Waals surface area contributed by atoms with Crippen LogP contribution in [0.4, 0.5) is 5.69 Å². The van der Waals surface area contributed by atoms with Crippen LogP contribution < -0.4 is 15.5 Å². The van der Waals surface area contributed by atoms with Crippen molar-refractivity contribution in [2.24, 2.45) is 5.92 Å². The zero-order valence-corrected chi connectivity index (χ0v) is 23.9. The molecule has 2 fully saturated rings. The smallest absolute Gasteiger partial charge is 0.268 e. The highest BCUT2D eigenvalue weighted by Crippen LogP contribution is 2.29. The van der Waals surface area contributed by atoms with Crippen molar-refractivity contribution in [3.8, 4) is 0 Å². The molecule has 0 radical (unpaired) electrons. The molecule has 7 nitrogen and oxygen atoms in total. The fourth-order valence-electron chi connectivity index (χ4n) is 6.18. The van der Waals surface area contributed by atoms with Gasteiger partial charge < -0.3 is 20.1 Å². The molecule has 2 aliphatic rings. The third kappa shape index (κ3) is 6.38. The minimum atomic E-state index is -0.153. The molecule has 5 rings (SSSR count). The number of amides is 3. The summed E-state index contributed by atoms with van der Waals surface area (Å²) in [7, 11) is 0. The Morgan fingerprint density at radius 1 is 0.949 bits per heavy atom. The molecule has 208 valence electrons. The third-order valence-corrected chi connectivity index (χ3v) is 9.22. The van der Waals surface area contributed by atoms with Gasteiger partial charge in [0.05, 0.1) is 10.2 Å². The predicted molar refractivity (Wildman–Crippen MR) is 157 cm³/mol. The van der Waals surface area contributed by atoms with Crippen LogP contribution >= 0.6 is 11.3 Å². The number of anilines is 1. The molecule has 0 saturated heterocycles. The number of aromatic nitrogens is 1. The summed E-state index contributed by atoms with van der Waals surface area (Å²) in [5.41, 5.74) is 3.39. The number of rotatable bonds is 8. The Balaban J connectivity index is 1.22.